The minimum absolute atomic E-state index is 0.622. The number of hydrogen-bond donors (Lipinski definition) is 0. The highest BCUT2D eigenvalue weighted by atomic mass is 35.5. The van der Waals surface area contributed by atoms with Crippen molar-refractivity contribution in [2.45, 2.75) is 9.79 Å². The Morgan fingerprint density at radius 2 is 1.56 bits per heavy atom. The van der Waals surface area contributed by atoms with Gasteiger partial charge in [0.25, 0.3) is 0 Å². The van der Waals surface area contributed by atoms with Gasteiger partial charge in [-0.2, -0.15) is 0 Å². The maximum atomic E-state index is 5.99. The summed E-state index contributed by atoms with van der Waals surface area (Å²) in [6.45, 7) is 0. The predicted molar refractivity (Wildman–Crippen MR) is 75.1 cm³/mol. The van der Waals surface area contributed by atoms with Crippen molar-refractivity contribution in [3.8, 4) is 11.5 Å². The minimum atomic E-state index is 0.622. The first-order valence-electron chi connectivity index (χ1n) is 5.38. The van der Waals surface area contributed by atoms with Crippen molar-refractivity contribution >= 4 is 23.4 Å². The lowest BCUT2D eigenvalue weighted by Gasteiger charge is -2.07. The highest BCUT2D eigenvalue weighted by Gasteiger charge is 2.03. The van der Waals surface area contributed by atoms with Gasteiger partial charge in [-0.3, -0.25) is 0 Å². The highest BCUT2D eigenvalue weighted by Crippen LogP contribution is 2.34. The van der Waals surface area contributed by atoms with Crippen LogP contribution >= 0.6 is 23.4 Å². The van der Waals surface area contributed by atoms with Gasteiger partial charge in [-0.05, 0) is 42.5 Å². The van der Waals surface area contributed by atoms with Crippen LogP contribution in [0.4, 0.5) is 0 Å². The maximum Gasteiger partial charge on any atom is 0.138 e. The molecule has 2 nitrogen and oxygen atoms in total. The molecule has 0 atom stereocenters. The van der Waals surface area contributed by atoms with Gasteiger partial charge in [-0.1, -0.05) is 23.4 Å². The molecule has 0 aliphatic carbocycles. The second-order valence-electron chi connectivity index (χ2n) is 3.57. The summed E-state index contributed by atoms with van der Waals surface area (Å²) in [4.78, 5) is 2.22. The van der Waals surface area contributed by atoms with Crippen LogP contribution < -0.4 is 9.47 Å². The molecule has 0 fully saturated rings. The molecule has 0 heterocycles. The van der Waals surface area contributed by atoms with E-state index >= 15 is 0 Å². The average molecular weight is 281 g/mol. The van der Waals surface area contributed by atoms with Gasteiger partial charge in [0, 0.05) is 9.79 Å². The number of methoxy groups -OCH3 is 2. The average Bonchev–Trinajstić information content (AvgIpc) is 2.42. The van der Waals surface area contributed by atoms with Crippen molar-refractivity contribution in [3.05, 3.63) is 47.5 Å². The topological polar surface area (TPSA) is 18.5 Å². The van der Waals surface area contributed by atoms with Gasteiger partial charge >= 0.3 is 0 Å². The molecule has 0 aromatic heterocycles. The van der Waals surface area contributed by atoms with Crippen molar-refractivity contribution in [2.24, 2.45) is 0 Å². The fraction of sp³-hybridized carbons (Fsp3) is 0.143. The lowest BCUT2D eigenvalue weighted by molar-refractivity contribution is 0.414. The molecule has 0 N–H and O–H groups in total. The normalized spacial score (nSPS) is 10.2. The second-order valence-corrected chi connectivity index (χ2v) is 5.13. The predicted octanol–water partition coefficient (Wildman–Crippen LogP) is 4.51. The standard InChI is InChI=1S/C14H13ClO2S/c1-16-10-3-5-11(6-4-10)18-12-7-8-13(15)14(9-12)17-2/h3-9H,1-2H3. The molecule has 0 saturated heterocycles. The molecular weight excluding hydrogens is 268 g/mol. The van der Waals surface area contributed by atoms with Gasteiger partial charge < -0.3 is 9.47 Å². The molecule has 2 aromatic rings. The zero-order valence-corrected chi connectivity index (χ0v) is 11.7. The van der Waals surface area contributed by atoms with E-state index in [1.165, 1.54) is 0 Å². The van der Waals surface area contributed by atoms with Crippen molar-refractivity contribution in [1.82, 2.24) is 0 Å². The van der Waals surface area contributed by atoms with Crippen LogP contribution in [0, 0.1) is 0 Å². The number of benzene rings is 2. The van der Waals surface area contributed by atoms with Gasteiger partial charge in [0.15, 0.2) is 0 Å². The van der Waals surface area contributed by atoms with E-state index in [1.807, 2.05) is 42.5 Å². The molecular formula is C14H13ClO2S. The number of halogens is 1. The summed E-state index contributed by atoms with van der Waals surface area (Å²) in [7, 11) is 3.27. The largest absolute Gasteiger partial charge is 0.497 e. The van der Waals surface area contributed by atoms with E-state index in [1.54, 1.807) is 26.0 Å². The van der Waals surface area contributed by atoms with E-state index in [4.69, 9.17) is 21.1 Å². The van der Waals surface area contributed by atoms with Gasteiger partial charge in [0.05, 0.1) is 19.2 Å². The number of rotatable bonds is 4. The number of hydrogen-bond acceptors (Lipinski definition) is 3. The minimum Gasteiger partial charge on any atom is -0.497 e. The Balaban J connectivity index is 2.17. The van der Waals surface area contributed by atoms with Crippen LogP contribution in [0.3, 0.4) is 0 Å². The first kappa shape index (κ1) is 13.1. The molecule has 4 heteroatoms. The van der Waals surface area contributed by atoms with Gasteiger partial charge in [-0.25, -0.2) is 0 Å². The summed E-state index contributed by atoms with van der Waals surface area (Å²) in [6.07, 6.45) is 0. The third kappa shape index (κ3) is 3.12. The highest BCUT2D eigenvalue weighted by molar-refractivity contribution is 7.99. The third-order valence-electron chi connectivity index (χ3n) is 2.42. The lowest BCUT2D eigenvalue weighted by Crippen LogP contribution is -1.84. The first-order valence-corrected chi connectivity index (χ1v) is 6.58. The Kier molecular flexibility index (Phi) is 4.39. The second kappa shape index (κ2) is 6.03. The Morgan fingerprint density at radius 3 is 2.17 bits per heavy atom. The molecule has 0 bridgehead atoms. The molecule has 0 spiro atoms. The van der Waals surface area contributed by atoms with Gasteiger partial charge in [0.1, 0.15) is 11.5 Å². The van der Waals surface area contributed by atoms with Crippen LogP contribution in [0.15, 0.2) is 52.3 Å². The molecule has 2 aromatic carbocycles. The van der Waals surface area contributed by atoms with Crippen LogP contribution in [0.1, 0.15) is 0 Å². The van der Waals surface area contributed by atoms with Crippen LogP contribution in [0.5, 0.6) is 11.5 Å². The Hall–Kier alpha value is -1.32. The fourth-order valence-corrected chi connectivity index (χ4v) is 2.52. The summed E-state index contributed by atoms with van der Waals surface area (Å²) < 4.78 is 10.3. The van der Waals surface area contributed by atoms with Crippen LogP contribution in [-0.2, 0) is 0 Å². The monoisotopic (exact) mass is 280 g/mol. The molecule has 0 unspecified atom stereocenters. The lowest BCUT2D eigenvalue weighted by atomic mass is 10.3. The van der Waals surface area contributed by atoms with Crippen LogP contribution in [0.2, 0.25) is 5.02 Å². The van der Waals surface area contributed by atoms with E-state index in [2.05, 4.69) is 0 Å². The summed E-state index contributed by atoms with van der Waals surface area (Å²) in [5, 5.41) is 0.622. The summed E-state index contributed by atoms with van der Waals surface area (Å²) in [5.74, 6) is 1.54. The molecule has 94 valence electrons. The van der Waals surface area contributed by atoms with Crippen LogP contribution in [0.25, 0.3) is 0 Å². The molecule has 0 saturated carbocycles. The van der Waals surface area contributed by atoms with E-state index in [-0.39, 0.29) is 0 Å². The van der Waals surface area contributed by atoms with Crippen molar-refractivity contribution in [1.29, 1.82) is 0 Å². The maximum absolute atomic E-state index is 5.99. The number of ether oxygens (including phenoxy) is 2. The molecule has 2 rings (SSSR count). The van der Waals surface area contributed by atoms with Gasteiger partial charge in [0.2, 0.25) is 0 Å². The van der Waals surface area contributed by atoms with E-state index in [9.17, 15) is 0 Å². The SMILES string of the molecule is COc1ccc(Sc2ccc(Cl)c(OC)c2)cc1. The third-order valence-corrected chi connectivity index (χ3v) is 3.73. The first-order chi connectivity index (χ1) is 8.72. The van der Waals surface area contributed by atoms with Gasteiger partial charge in [-0.15, -0.1) is 0 Å². The van der Waals surface area contributed by atoms with Crippen LogP contribution in [-0.4, -0.2) is 14.2 Å². The summed E-state index contributed by atoms with van der Waals surface area (Å²) in [5.41, 5.74) is 0. The Labute approximate surface area is 116 Å². The molecule has 18 heavy (non-hydrogen) atoms. The summed E-state index contributed by atoms with van der Waals surface area (Å²) in [6, 6.07) is 13.7. The molecule has 0 radical (unpaired) electrons. The summed E-state index contributed by atoms with van der Waals surface area (Å²) >= 11 is 7.64. The van der Waals surface area contributed by atoms with Crippen molar-refractivity contribution in [3.63, 3.8) is 0 Å². The smallest absolute Gasteiger partial charge is 0.138 e. The molecule has 0 aliphatic heterocycles. The van der Waals surface area contributed by atoms with E-state index in [0.29, 0.717) is 10.8 Å². The fourth-order valence-electron chi connectivity index (χ4n) is 1.48. The molecule has 0 amide bonds. The zero-order valence-electron chi connectivity index (χ0n) is 10.1. The molecule has 0 aliphatic rings. The Morgan fingerprint density at radius 1 is 0.889 bits per heavy atom. The quantitative estimate of drug-likeness (QED) is 0.821. The zero-order chi connectivity index (χ0) is 13.0. The van der Waals surface area contributed by atoms with Crippen molar-refractivity contribution in [2.75, 3.05) is 14.2 Å². The van der Waals surface area contributed by atoms with E-state index in [0.717, 1.165) is 15.5 Å². The van der Waals surface area contributed by atoms with E-state index < -0.39 is 0 Å². The van der Waals surface area contributed by atoms with Crippen molar-refractivity contribution < 1.29 is 9.47 Å². The Bertz CT molecular complexity index is 526.